The second-order valence-electron chi connectivity index (χ2n) is 5.43. The van der Waals surface area contributed by atoms with Crippen LogP contribution in [0, 0.1) is 0 Å². The minimum Gasteiger partial charge on any atom is -0.349 e. The Morgan fingerprint density at radius 1 is 1.29 bits per heavy atom. The van der Waals surface area contributed by atoms with Crippen molar-refractivity contribution in [1.29, 1.82) is 0 Å². The van der Waals surface area contributed by atoms with Gasteiger partial charge in [-0.05, 0) is 39.8 Å². The van der Waals surface area contributed by atoms with Gasteiger partial charge in [0.25, 0.3) is 0 Å². The Kier molecular flexibility index (Phi) is 6.90. The van der Waals surface area contributed by atoms with Crippen molar-refractivity contribution < 1.29 is 8.42 Å². The lowest BCUT2D eigenvalue weighted by molar-refractivity contribution is 0.369. The van der Waals surface area contributed by atoms with Crippen molar-refractivity contribution in [1.82, 2.24) is 14.2 Å². The largest absolute Gasteiger partial charge is 0.349 e. The van der Waals surface area contributed by atoms with E-state index in [2.05, 4.69) is 12.2 Å². The van der Waals surface area contributed by atoms with Crippen molar-refractivity contribution in [3.63, 3.8) is 0 Å². The first-order valence-electron chi connectivity index (χ1n) is 7.80. The topological polar surface area (TPSA) is 54.3 Å². The standard InChI is InChI=1S/C15H29N3O2S/c1-6-9-16-11-14-10-15(12-17(14)7-2)21(19,20)18(8-3)13(4)5/h10,12-13,16H,6-9,11H2,1-5H3. The smallest absolute Gasteiger partial charge is 0.244 e. The van der Waals surface area contributed by atoms with Gasteiger partial charge >= 0.3 is 0 Å². The molecule has 0 atom stereocenters. The molecule has 0 unspecified atom stereocenters. The molecular formula is C15H29N3O2S. The number of aromatic nitrogens is 1. The van der Waals surface area contributed by atoms with Gasteiger partial charge in [-0.15, -0.1) is 0 Å². The molecule has 0 saturated heterocycles. The molecule has 1 N–H and O–H groups in total. The van der Waals surface area contributed by atoms with Crippen LogP contribution in [-0.4, -0.2) is 36.4 Å². The summed E-state index contributed by atoms with van der Waals surface area (Å²) in [5.74, 6) is 0. The minimum atomic E-state index is -3.41. The van der Waals surface area contributed by atoms with Crippen LogP contribution in [0.25, 0.3) is 0 Å². The van der Waals surface area contributed by atoms with E-state index in [0.29, 0.717) is 18.0 Å². The third-order valence-electron chi connectivity index (χ3n) is 3.53. The van der Waals surface area contributed by atoms with Crippen LogP contribution in [0.3, 0.4) is 0 Å². The summed E-state index contributed by atoms with van der Waals surface area (Å²) < 4.78 is 29.0. The first-order chi connectivity index (χ1) is 9.88. The van der Waals surface area contributed by atoms with Gasteiger partial charge in [0.1, 0.15) is 4.90 Å². The monoisotopic (exact) mass is 315 g/mol. The fraction of sp³-hybridized carbons (Fsp3) is 0.733. The van der Waals surface area contributed by atoms with Gasteiger partial charge in [-0.2, -0.15) is 4.31 Å². The quantitative estimate of drug-likeness (QED) is 0.712. The molecule has 0 saturated carbocycles. The summed E-state index contributed by atoms with van der Waals surface area (Å²) in [5.41, 5.74) is 1.02. The number of hydrogen-bond donors (Lipinski definition) is 1. The summed E-state index contributed by atoms with van der Waals surface area (Å²) >= 11 is 0. The normalized spacial score (nSPS) is 12.5. The van der Waals surface area contributed by atoms with Crippen molar-refractivity contribution in [2.75, 3.05) is 13.1 Å². The van der Waals surface area contributed by atoms with Gasteiger partial charge in [0.15, 0.2) is 0 Å². The summed E-state index contributed by atoms with van der Waals surface area (Å²) in [7, 11) is -3.41. The highest BCUT2D eigenvalue weighted by Crippen LogP contribution is 2.21. The molecule has 0 fully saturated rings. The number of nitrogens with zero attached hydrogens (tertiary/aromatic N) is 2. The average Bonchev–Trinajstić information content (AvgIpc) is 2.83. The van der Waals surface area contributed by atoms with Crippen LogP contribution >= 0.6 is 0 Å². The van der Waals surface area contributed by atoms with Gasteiger partial charge in [-0.3, -0.25) is 0 Å². The Morgan fingerprint density at radius 3 is 2.43 bits per heavy atom. The van der Waals surface area contributed by atoms with E-state index in [9.17, 15) is 8.42 Å². The van der Waals surface area contributed by atoms with Gasteiger partial charge in [0, 0.05) is 37.6 Å². The predicted molar refractivity (Wildman–Crippen MR) is 86.8 cm³/mol. The molecule has 0 bridgehead atoms. The molecule has 1 aromatic heterocycles. The van der Waals surface area contributed by atoms with Gasteiger partial charge in [0.05, 0.1) is 0 Å². The molecule has 0 aliphatic heterocycles. The molecule has 0 spiro atoms. The highest BCUT2D eigenvalue weighted by molar-refractivity contribution is 7.89. The summed E-state index contributed by atoms with van der Waals surface area (Å²) in [6, 6.07) is 1.76. The summed E-state index contributed by atoms with van der Waals surface area (Å²) in [4.78, 5) is 0.396. The third-order valence-corrected chi connectivity index (χ3v) is 5.64. The van der Waals surface area contributed by atoms with Crippen LogP contribution in [0.4, 0.5) is 0 Å². The Hall–Kier alpha value is -0.850. The summed E-state index contributed by atoms with van der Waals surface area (Å²) in [5, 5.41) is 3.33. The van der Waals surface area contributed by atoms with Crippen LogP contribution in [0.5, 0.6) is 0 Å². The van der Waals surface area contributed by atoms with Crippen LogP contribution in [0.15, 0.2) is 17.2 Å². The molecule has 5 nitrogen and oxygen atoms in total. The van der Waals surface area contributed by atoms with E-state index < -0.39 is 10.0 Å². The Labute approximate surface area is 129 Å². The Bertz CT molecular complexity index is 535. The van der Waals surface area contributed by atoms with Gasteiger partial charge in [-0.25, -0.2) is 8.42 Å². The van der Waals surface area contributed by atoms with Gasteiger partial charge < -0.3 is 9.88 Å². The summed E-state index contributed by atoms with van der Waals surface area (Å²) in [6.07, 6.45) is 2.82. The first-order valence-corrected chi connectivity index (χ1v) is 9.24. The number of rotatable bonds is 9. The van der Waals surface area contributed by atoms with E-state index in [4.69, 9.17) is 0 Å². The maximum Gasteiger partial charge on any atom is 0.244 e. The average molecular weight is 315 g/mol. The van der Waals surface area contributed by atoms with E-state index in [1.54, 1.807) is 12.3 Å². The van der Waals surface area contributed by atoms with Gasteiger partial charge in [-0.1, -0.05) is 13.8 Å². The zero-order chi connectivity index (χ0) is 16.0. The zero-order valence-corrected chi connectivity index (χ0v) is 14.7. The molecule has 0 amide bonds. The molecule has 1 rings (SSSR count). The predicted octanol–water partition coefficient (Wildman–Crippen LogP) is 2.43. The number of sulfonamides is 1. The molecular weight excluding hydrogens is 286 g/mol. The second-order valence-corrected chi connectivity index (χ2v) is 7.32. The van der Waals surface area contributed by atoms with Crippen molar-refractivity contribution in [3.8, 4) is 0 Å². The van der Waals surface area contributed by atoms with Crippen molar-refractivity contribution in [2.24, 2.45) is 0 Å². The maximum absolute atomic E-state index is 12.7. The fourth-order valence-corrected chi connectivity index (χ4v) is 4.16. The van der Waals surface area contributed by atoms with Crippen molar-refractivity contribution >= 4 is 10.0 Å². The van der Waals surface area contributed by atoms with E-state index in [1.807, 2.05) is 32.3 Å². The van der Waals surface area contributed by atoms with E-state index in [0.717, 1.165) is 25.2 Å². The SMILES string of the molecule is CCCNCc1cc(S(=O)(=O)N(CC)C(C)C)cn1CC. The van der Waals surface area contributed by atoms with Crippen LogP contribution < -0.4 is 5.32 Å². The van der Waals surface area contributed by atoms with E-state index in [-0.39, 0.29) is 6.04 Å². The number of nitrogens with one attached hydrogen (secondary N) is 1. The fourth-order valence-electron chi connectivity index (χ4n) is 2.45. The van der Waals surface area contributed by atoms with Crippen molar-refractivity contribution in [2.45, 2.75) is 65.1 Å². The van der Waals surface area contributed by atoms with Crippen LogP contribution in [0.1, 0.15) is 46.7 Å². The second kappa shape index (κ2) is 7.96. The lowest BCUT2D eigenvalue weighted by Crippen LogP contribution is -2.36. The molecule has 1 aromatic rings. The Balaban J connectivity index is 3.07. The molecule has 122 valence electrons. The lowest BCUT2D eigenvalue weighted by atomic mass is 10.4. The maximum atomic E-state index is 12.7. The number of aryl methyl sites for hydroxylation is 1. The van der Waals surface area contributed by atoms with E-state index in [1.165, 1.54) is 4.31 Å². The highest BCUT2D eigenvalue weighted by atomic mass is 32.2. The molecule has 21 heavy (non-hydrogen) atoms. The summed E-state index contributed by atoms with van der Waals surface area (Å²) in [6.45, 7) is 12.7. The van der Waals surface area contributed by atoms with Gasteiger partial charge in [0.2, 0.25) is 10.0 Å². The third kappa shape index (κ3) is 4.31. The first kappa shape index (κ1) is 18.2. The minimum absolute atomic E-state index is 0.0355. The zero-order valence-electron chi connectivity index (χ0n) is 13.9. The van der Waals surface area contributed by atoms with Crippen LogP contribution in [0.2, 0.25) is 0 Å². The number of hydrogen-bond acceptors (Lipinski definition) is 3. The molecule has 0 aliphatic carbocycles. The molecule has 6 heteroatoms. The highest BCUT2D eigenvalue weighted by Gasteiger charge is 2.27. The van der Waals surface area contributed by atoms with E-state index >= 15 is 0 Å². The Morgan fingerprint density at radius 2 is 1.95 bits per heavy atom. The lowest BCUT2D eigenvalue weighted by Gasteiger charge is -2.23. The molecule has 0 aromatic carbocycles. The van der Waals surface area contributed by atoms with Crippen LogP contribution in [-0.2, 0) is 23.1 Å². The molecule has 0 aliphatic rings. The molecule has 1 heterocycles. The molecule has 0 radical (unpaired) electrons. The van der Waals surface area contributed by atoms with Crippen molar-refractivity contribution in [3.05, 3.63) is 18.0 Å².